The number of carbonyl (C=O) groups is 2. The number of amides is 1. The lowest BCUT2D eigenvalue weighted by atomic mass is 10.1. The number of nitrogens with one attached hydrogen (secondary N) is 1. The molecule has 5 nitrogen and oxygen atoms in total. The molecule has 2 N–H and O–H groups in total. The normalized spacial score (nSPS) is 11.7. The van der Waals surface area contributed by atoms with Gasteiger partial charge in [0.2, 0.25) is 0 Å². The Kier molecular flexibility index (Phi) is 4.61. The van der Waals surface area contributed by atoms with Crippen molar-refractivity contribution in [3.8, 4) is 11.3 Å². The summed E-state index contributed by atoms with van der Waals surface area (Å²) in [4.78, 5) is 23.7. The van der Waals surface area contributed by atoms with E-state index in [9.17, 15) is 19.1 Å². The number of carbonyl (C=O) groups excluding carboxylic acids is 1. The summed E-state index contributed by atoms with van der Waals surface area (Å²) in [5.41, 5.74) is 1.06. The minimum Gasteiger partial charge on any atom is -0.479 e. The van der Waals surface area contributed by atoms with Crippen LogP contribution in [0.25, 0.3) is 11.3 Å². The predicted octanol–water partition coefficient (Wildman–Crippen LogP) is 3.64. The highest BCUT2D eigenvalue weighted by molar-refractivity contribution is 5.95. The quantitative estimate of drug-likeness (QED) is 0.744. The topological polar surface area (TPSA) is 79.5 Å². The first kappa shape index (κ1) is 16.4. The fourth-order valence-corrected chi connectivity index (χ4v) is 2.36. The predicted molar refractivity (Wildman–Crippen MR) is 88.4 cm³/mol. The second kappa shape index (κ2) is 7.00. The molecule has 0 aliphatic rings. The van der Waals surface area contributed by atoms with Crippen LogP contribution in [0.2, 0.25) is 0 Å². The molecule has 1 amide bonds. The molecule has 1 aromatic heterocycles. The van der Waals surface area contributed by atoms with E-state index in [1.54, 1.807) is 36.4 Å². The van der Waals surface area contributed by atoms with E-state index in [0.29, 0.717) is 16.9 Å². The van der Waals surface area contributed by atoms with Crippen molar-refractivity contribution in [2.24, 2.45) is 0 Å². The zero-order valence-electron chi connectivity index (χ0n) is 13.0. The second-order valence-electron chi connectivity index (χ2n) is 5.33. The van der Waals surface area contributed by atoms with Gasteiger partial charge in [-0.2, -0.15) is 0 Å². The third-order valence-electron chi connectivity index (χ3n) is 3.61. The Morgan fingerprint density at radius 1 is 0.960 bits per heavy atom. The number of halogens is 1. The number of furan rings is 1. The molecule has 3 rings (SSSR count). The van der Waals surface area contributed by atoms with Crippen LogP contribution in [-0.4, -0.2) is 17.0 Å². The summed E-state index contributed by atoms with van der Waals surface area (Å²) in [5.74, 6) is -1.84. The molecule has 25 heavy (non-hydrogen) atoms. The molecule has 0 saturated heterocycles. The van der Waals surface area contributed by atoms with Crippen molar-refractivity contribution >= 4 is 11.9 Å². The number of hydrogen-bond donors (Lipinski definition) is 2. The summed E-state index contributed by atoms with van der Waals surface area (Å²) in [7, 11) is 0. The molecule has 3 aromatic rings. The van der Waals surface area contributed by atoms with Gasteiger partial charge in [0.1, 0.15) is 11.6 Å². The van der Waals surface area contributed by atoms with E-state index in [-0.39, 0.29) is 11.6 Å². The van der Waals surface area contributed by atoms with Crippen molar-refractivity contribution in [3.63, 3.8) is 0 Å². The van der Waals surface area contributed by atoms with E-state index in [4.69, 9.17) is 4.42 Å². The van der Waals surface area contributed by atoms with Crippen LogP contribution in [0.5, 0.6) is 0 Å². The fourth-order valence-electron chi connectivity index (χ4n) is 2.36. The monoisotopic (exact) mass is 339 g/mol. The van der Waals surface area contributed by atoms with Gasteiger partial charge in [-0.3, -0.25) is 4.79 Å². The smallest absolute Gasteiger partial charge is 0.330 e. The number of benzene rings is 2. The molecule has 0 aliphatic heterocycles. The van der Waals surface area contributed by atoms with Gasteiger partial charge < -0.3 is 14.8 Å². The van der Waals surface area contributed by atoms with E-state index < -0.39 is 17.9 Å². The van der Waals surface area contributed by atoms with Gasteiger partial charge >= 0.3 is 5.97 Å². The second-order valence-corrected chi connectivity index (χ2v) is 5.33. The average Bonchev–Trinajstić information content (AvgIpc) is 3.11. The lowest BCUT2D eigenvalue weighted by molar-refractivity contribution is -0.139. The first-order valence-electron chi connectivity index (χ1n) is 7.49. The standard InChI is InChI=1S/C19H14FNO4/c20-14-8-6-12(7-9-14)15-10-11-16(25-15)18(22)21-17(19(23)24)13-4-2-1-3-5-13/h1-11,17H,(H,21,22)(H,23,24). The van der Waals surface area contributed by atoms with Crippen molar-refractivity contribution in [1.29, 1.82) is 0 Å². The fraction of sp³-hybridized carbons (Fsp3) is 0.0526. The summed E-state index contributed by atoms with van der Waals surface area (Å²) < 4.78 is 18.4. The number of carboxylic acids is 1. The Labute approximate surface area is 142 Å². The molecule has 0 aliphatic carbocycles. The Hall–Kier alpha value is -3.41. The van der Waals surface area contributed by atoms with Crippen molar-refractivity contribution in [1.82, 2.24) is 5.32 Å². The van der Waals surface area contributed by atoms with E-state index in [1.165, 1.54) is 30.3 Å². The Balaban J connectivity index is 1.79. The molecule has 6 heteroatoms. The number of aliphatic carboxylic acids is 1. The minimum atomic E-state index is -1.19. The van der Waals surface area contributed by atoms with Crippen LogP contribution < -0.4 is 5.32 Å². The lowest BCUT2D eigenvalue weighted by Gasteiger charge is -2.13. The van der Waals surface area contributed by atoms with Crippen molar-refractivity contribution in [2.45, 2.75) is 6.04 Å². The summed E-state index contributed by atoms with van der Waals surface area (Å²) in [5, 5.41) is 11.8. The van der Waals surface area contributed by atoms with Crippen LogP contribution in [0, 0.1) is 5.82 Å². The Morgan fingerprint density at radius 3 is 2.28 bits per heavy atom. The highest BCUT2D eigenvalue weighted by Crippen LogP contribution is 2.23. The maximum Gasteiger partial charge on any atom is 0.330 e. The van der Waals surface area contributed by atoms with Gasteiger partial charge in [-0.25, -0.2) is 9.18 Å². The third-order valence-corrected chi connectivity index (χ3v) is 3.61. The Bertz CT molecular complexity index is 887. The molecule has 126 valence electrons. The molecule has 2 aromatic carbocycles. The Morgan fingerprint density at radius 2 is 1.64 bits per heavy atom. The van der Waals surface area contributed by atoms with Gasteiger partial charge in [-0.1, -0.05) is 30.3 Å². The van der Waals surface area contributed by atoms with Gasteiger partial charge in [0.15, 0.2) is 11.8 Å². The molecule has 0 fully saturated rings. The van der Waals surface area contributed by atoms with Crippen LogP contribution in [-0.2, 0) is 4.79 Å². The first-order chi connectivity index (χ1) is 12.0. The highest BCUT2D eigenvalue weighted by Gasteiger charge is 2.24. The molecule has 1 atom stereocenters. The summed E-state index contributed by atoms with van der Waals surface area (Å²) >= 11 is 0. The van der Waals surface area contributed by atoms with Crippen molar-refractivity contribution in [2.75, 3.05) is 0 Å². The summed E-state index contributed by atoms with van der Waals surface area (Å²) in [6, 6.07) is 15.8. The van der Waals surface area contributed by atoms with Crippen LogP contribution >= 0.6 is 0 Å². The highest BCUT2D eigenvalue weighted by atomic mass is 19.1. The molecule has 0 saturated carbocycles. The average molecular weight is 339 g/mol. The molecule has 1 unspecified atom stereocenters. The van der Waals surface area contributed by atoms with Gasteiger partial charge in [0.05, 0.1) is 0 Å². The van der Waals surface area contributed by atoms with Gasteiger partial charge in [-0.15, -0.1) is 0 Å². The molecular weight excluding hydrogens is 325 g/mol. The van der Waals surface area contributed by atoms with Crippen molar-refractivity contribution < 1.29 is 23.5 Å². The van der Waals surface area contributed by atoms with E-state index in [0.717, 1.165) is 0 Å². The number of rotatable bonds is 5. The summed E-state index contributed by atoms with van der Waals surface area (Å²) in [6.45, 7) is 0. The first-order valence-corrected chi connectivity index (χ1v) is 7.49. The molecular formula is C19H14FNO4. The largest absolute Gasteiger partial charge is 0.479 e. The minimum absolute atomic E-state index is 0.0264. The zero-order chi connectivity index (χ0) is 17.8. The van der Waals surface area contributed by atoms with Crippen LogP contribution in [0.1, 0.15) is 22.2 Å². The van der Waals surface area contributed by atoms with E-state index in [2.05, 4.69) is 5.32 Å². The molecule has 0 bridgehead atoms. The maximum atomic E-state index is 13.0. The molecule has 0 radical (unpaired) electrons. The maximum absolute atomic E-state index is 13.0. The van der Waals surface area contributed by atoms with Gasteiger partial charge in [0.25, 0.3) is 5.91 Å². The van der Waals surface area contributed by atoms with Crippen molar-refractivity contribution in [3.05, 3.63) is 83.9 Å². The third kappa shape index (κ3) is 3.74. The molecule has 1 heterocycles. The van der Waals surface area contributed by atoms with Gasteiger partial charge in [-0.05, 0) is 42.0 Å². The van der Waals surface area contributed by atoms with Gasteiger partial charge in [0, 0.05) is 5.56 Å². The van der Waals surface area contributed by atoms with Crippen LogP contribution in [0.15, 0.2) is 71.1 Å². The van der Waals surface area contributed by atoms with Crippen LogP contribution in [0.4, 0.5) is 4.39 Å². The lowest BCUT2D eigenvalue weighted by Crippen LogP contribution is -2.33. The molecule has 0 spiro atoms. The van der Waals surface area contributed by atoms with E-state index >= 15 is 0 Å². The zero-order valence-corrected chi connectivity index (χ0v) is 13.0. The van der Waals surface area contributed by atoms with Crippen LogP contribution in [0.3, 0.4) is 0 Å². The SMILES string of the molecule is O=C(NC(C(=O)O)c1ccccc1)c1ccc(-c2ccc(F)cc2)o1. The van der Waals surface area contributed by atoms with E-state index in [1.807, 2.05) is 0 Å². The number of carboxylic acid groups (broad SMARTS) is 1. The summed E-state index contributed by atoms with van der Waals surface area (Å²) in [6.07, 6.45) is 0. The number of hydrogen-bond acceptors (Lipinski definition) is 3.